The van der Waals surface area contributed by atoms with Crippen molar-refractivity contribution in [3.63, 3.8) is 0 Å². The maximum absolute atomic E-state index is 12.0. The molecule has 0 aromatic heterocycles. The molecule has 1 aliphatic carbocycles. The van der Waals surface area contributed by atoms with Gasteiger partial charge in [-0.05, 0) is 68.5 Å². The average molecular weight is 324 g/mol. The number of hydrogen-bond acceptors (Lipinski definition) is 4. The van der Waals surface area contributed by atoms with E-state index < -0.39 is 0 Å². The van der Waals surface area contributed by atoms with Crippen LogP contribution in [0, 0.1) is 11.8 Å². The Morgan fingerprint density at radius 1 is 1.18 bits per heavy atom. The number of piperidine rings is 1. The van der Waals surface area contributed by atoms with Crippen LogP contribution in [0.5, 0.6) is 5.75 Å². The van der Waals surface area contributed by atoms with Crippen molar-refractivity contribution in [3.8, 4) is 5.75 Å². The van der Waals surface area contributed by atoms with Crippen molar-refractivity contribution in [2.45, 2.75) is 25.4 Å². The molecule has 0 radical (unpaired) electrons. The third-order valence-electron chi connectivity index (χ3n) is 4.37. The largest absolute Gasteiger partial charge is 0.490 e. The van der Waals surface area contributed by atoms with Crippen molar-refractivity contribution in [1.29, 1.82) is 0 Å². The lowest BCUT2D eigenvalue weighted by Gasteiger charge is -2.23. The van der Waals surface area contributed by atoms with E-state index in [1.54, 1.807) is 12.1 Å². The summed E-state index contributed by atoms with van der Waals surface area (Å²) < 4.78 is 11.2. The fraction of sp³-hybridized carbons (Fsp3) is 0.588. The molecular formula is C17H22ClNO3. The second-order valence-corrected chi connectivity index (χ2v) is 6.41. The molecule has 1 saturated heterocycles. The predicted octanol–water partition coefficient (Wildman–Crippen LogP) is 2.85. The van der Waals surface area contributed by atoms with Gasteiger partial charge in [0.2, 0.25) is 0 Å². The number of alkyl halides is 1. The predicted molar refractivity (Wildman–Crippen MR) is 85.6 cm³/mol. The highest BCUT2D eigenvalue weighted by Crippen LogP contribution is 2.39. The summed E-state index contributed by atoms with van der Waals surface area (Å²) in [6.07, 6.45) is 3.38. The molecule has 0 amide bonds. The van der Waals surface area contributed by atoms with Gasteiger partial charge in [0.1, 0.15) is 11.9 Å². The Balaban J connectivity index is 1.46. The van der Waals surface area contributed by atoms with E-state index in [1.807, 2.05) is 12.1 Å². The molecule has 4 nitrogen and oxygen atoms in total. The van der Waals surface area contributed by atoms with Gasteiger partial charge in [-0.15, -0.1) is 11.6 Å². The first-order valence-corrected chi connectivity index (χ1v) is 8.50. The van der Waals surface area contributed by atoms with Crippen LogP contribution in [0.3, 0.4) is 0 Å². The van der Waals surface area contributed by atoms with Gasteiger partial charge in [0.15, 0.2) is 0 Å². The molecule has 1 aliphatic heterocycles. The zero-order valence-electron chi connectivity index (χ0n) is 12.6. The van der Waals surface area contributed by atoms with Crippen molar-refractivity contribution < 1.29 is 14.3 Å². The summed E-state index contributed by atoms with van der Waals surface area (Å²) in [6, 6.07) is 7.23. The van der Waals surface area contributed by atoms with Crippen molar-refractivity contribution in [1.82, 2.24) is 5.32 Å². The van der Waals surface area contributed by atoms with Gasteiger partial charge >= 0.3 is 5.97 Å². The topological polar surface area (TPSA) is 47.6 Å². The Labute approximate surface area is 136 Å². The maximum atomic E-state index is 12.0. The zero-order chi connectivity index (χ0) is 15.4. The monoisotopic (exact) mass is 323 g/mol. The molecule has 2 unspecified atom stereocenters. The minimum Gasteiger partial charge on any atom is -0.490 e. The van der Waals surface area contributed by atoms with Crippen LogP contribution < -0.4 is 10.1 Å². The van der Waals surface area contributed by atoms with Gasteiger partial charge in [0.25, 0.3) is 0 Å². The number of esters is 1. The van der Waals surface area contributed by atoms with Crippen LogP contribution in [0.1, 0.15) is 29.6 Å². The zero-order valence-corrected chi connectivity index (χ0v) is 13.3. The van der Waals surface area contributed by atoms with E-state index >= 15 is 0 Å². The van der Waals surface area contributed by atoms with Gasteiger partial charge in [-0.2, -0.15) is 0 Å². The lowest BCUT2D eigenvalue weighted by Crippen LogP contribution is -2.34. The Bertz CT molecular complexity index is 499. The third kappa shape index (κ3) is 4.14. The summed E-state index contributed by atoms with van der Waals surface area (Å²) in [4.78, 5) is 12.0. The molecule has 22 heavy (non-hydrogen) atoms. The van der Waals surface area contributed by atoms with Crippen LogP contribution >= 0.6 is 11.6 Å². The van der Waals surface area contributed by atoms with Gasteiger partial charge in [-0.1, -0.05) is 0 Å². The second kappa shape index (κ2) is 7.34. The summed E-state index contributed by atoms with van der Waals surface area (Å²) in [6.45, 7) is 2.47. The molecule has 1 aromatic rings. The van der Waals surface area contributed by atoms with Crippen LogP contribution in [-0.4, -0.2) is 37.6 Å². The highest BCUT2D eigenvalue weighted by Gasteiger charge is 2.37. The lowest BCUT2D eigenvalue weighted by atomic mass is 10.1. The number of nitrogens with one attached hydrogen (secondary N) is 1. The van der Waals surface area contributed by atoms with E-state index in [2.05, 4.69) is 5.32 Å². The molecule has 0 spiro atoms. The summed E-state index contributed by atoms with van der Waals surface area (Å²) in [7, 11) is 0. The average Bonchev–Trinajstić information content (AvgIpc) is 3.33. The van der Waals surface area contributed by atoms with Gasteiger partial charge in [-0.25, -0.2) is 4.79 Å². The minimum absolute atomic E-state index is 0.265. The number of halogens is 1. The molecule has 5 heteroatoms. The molecule has 0 bridgehead atoms. The first-order valence-electron chi connectivity index (χ1n) is 7.97. The van der Waals surface area contributed by atoms with Gasteiger partial charge < -0.3 is 14.8 Å². The molecule has 2 fully saturated rings. The Morgan fingerprint density at radius 2 is 1.91 bits per heavy atom. The van der Waals surface area contributed by atoms with E-state index in [0.29, 0.717) is 29.9 Å². The van der Waals surface area contributed by atoms with Crippen molar-refractivity contribution >= 4 is 17.6 Å². The van der Waals surface area contributed by atoms with E-state index in [4.69, 9.17) is 21.1 Å². The lowest BCUT2D eigenvalue weighted by molar-refractivity contribution is 0.0481. The van der Waals surface area contributed by atoms with Gasteiger partial charge in [0, 0.05) is 5.88 Å². The number of rotatable bonds is 6. The second-order valence-electron chi connectivity index (χ2n) is 6.10. The fourth-order valence-electron chi connectivity index (χ4n) is 2.74. The van der Waals surface area contributed by atoms with E-state index in [0.717, 1.165) is 38.1 Å². The molecule has 120 valence electrons. The number of ether oxygens (including phenoxy) is 2. The number of benzene rings is 1. The molecule has 1 aromatic carbocycles. The highest BCUT2D eigenvalue weighted by atomic mass is 35.5. The van der Waals surface area contributed by atoms with Gasteiger partial charge in [0.05, 0.1) is 12.2 Å². The van der Waals surface area contributed by atoms with Crippen LogP contribution in [0.4, 0.5) is 0 Å². The van der Waals surface area contributed by atoms with E-state index in [1.165, 1.54) is 0 Å². The SMILES string of the molecule is O=C(OCC1CC1CCl)c1ccc(OC2CCNCC2)cc1. The van der Waals surface area contributed by atoms with Crippen LogP contribution in [0.25, 0.3) is 0 Å². The van der Waals surface area contributed by atoms with Gasteiger partial charge in [-0.3, -0.25) is 0 Å². The normalized spacial score (nSPS) is 24.8. The minimum atomic E-state index is -0.270. The standard InChI is InChI=1S/C17H22ClNO3/c18-10-13-9-14(13)11-21-17(20)12-1-3-15(4-2-12)22-16-5-7-19-8-6-16/h1-4,13-14,16,19H,5-11H2. The number of carbonyl (C=O) groups is 1. The first-order chi connectivity index (χ1) is 10.8. The van der Waals surface area contributed by atoms with Crippen molar-refractivity contribution in [2.24, 2.45) is 11.8 Å². The number of carbonyl (C=O) groups excluding carboxylic acids is 1. The Hall–Kier alpha value is -1.26. The van der Waals surface area contributed by atoms with Crippen molar-refractivity contribution in [2.75, 3.05) is 25.6 Å². The van der Waals surface area contributed by atoms with Crippen LogP contribution in [0.15, 0.2) is 24.3 Å². The summed E-state index contributed by atoms with van der Waals surface area (Å²) in [5, 5.41) is 3.31. The summed E-state index contributed by atoms with van der Waals surface area (Å²) >= 11 is 5.77. The summed E-state index contributed by atoms with van der Waals surface area (Å²) in [5.74, 6) is 2.17. The summed E-state index contributed by atoms with van der Waals surface area (Å²) in [5.41, 5.74) is 0.570. The first kappa shape index (κ1) is 15.6. The highest BCUT2D eigenvalue weighted by molar-refractivity contribution is 6.18. The molecule has 1 heterocycles. The molecule has 3 rings (SSSR count). The van der Waals surface area contributed by atoms with Crippen LogP contribution in [0.2, 0.25) is 0 Å². The smallest absolute Gasteiger partial charge is 0.338 e. The maximum Gasteiger partial charge on any atom is 0.338 e. The van der Waals surface area contributed by atoms with E-state index in [9.17, 15) is 4.79 Å². The molecule has 2 aliphatic rings. The van der Waals surface area contributed by atoms with Crippen LogP contribution in [-0.2, 0) is 4.74 Å². The molecule has 1 saturated carbocycles. The van der Waals surface area contributed by atoms with Crippen molar-refractivity contribution in [3.05, 3.63) is 29.8 Å². The molecular weight excluding hydrogens is 302 g/mol. The quantitative estimate of drug-likeness (QED) is 0.646. The molecule has 1 N–H and O–H groups in total. The fourth-order valence-corrected chi connectivity index (χ4v) is 3.12. The Kier molecular flexibility index (Phi) is 5.21. The third-order valence-corrected chi connectivity index (χ3v) is 4.77. The number of hydrogen-bond donors (Lipinski definition) is 1. The van der Waals surface area contributed by atoms with E-state index in [-0.39, 0.29) is 12.1 Å². The Morgan fingerprint density at radius 3 is 2.55 bits per heavy atom. The molecule has 2 atom stereocenters.